The van der Waals surface area contributed by atoms with Gasteiger partial charge in [0.05, 0.1) is 65.3 Å². The third-order valence-corrected chi connectivity index (χ3v) is 4.89. The van der Waals surface area contributed by atoms with Crippen LogP contribution in [-0.2, 0) is 38.0 Å². The Labute approximate surface area is 211 Å². The average Bonchev–Trinajstić information content (AvgIpc) is 3.57. The lowest BCUT2D eigenvalue weighted by Crippen LogP contribution is -2.43. The van der Waals surface area contributed by atoms with Crippen molar-refractivity contribution in [3.8, 4) is 0 Å². The van der Waals surface area contributed by atoms with Gasteiger partial charge in [0, 0.05) is 25.3 Å². The van der Waals surface area contributed by atoms with Crippen LogP contribution in [0, 0.1) is 0 Å². The number of para-hydroxylation sites is 1. The van der Waals surface area contributed by atoms with Crippen LogP contribution in [0.15, 0.2) is 30.3 Å². The van der Waals surface area contributed by atoms with Crippen LogP contribution >= 0.6 is 0 Å². The summed E-state index contributed by atoms with van der Waals surface area (Å²) in [5.74, 6) is -1.31. The number of hydrogen-bond donors (Lipinski definition) is 4. The topological polar surface area (TPSA) is 157 Å². The molecule has 3 atom stereocenters. The average molecular weight is 515 g/mol. The summed E-state index contributed by atoms with van der Waals surface area (Å²) in [7, 11) is 0. The number of aliphatic carboxylic acids is 1. The van der Waals surface area contributed by atoms with Gasteiger partial charge in [0.15, 0.2) is 6.29 Å². The molecule has 2 rings (SSSR count). The van der Waals surface area contributed by atoms with E-state index in [-0.39, 0.29) is 51.5 Å². The summed E-state index contributed by atoms with van der Waals surface area (Å²) in [4.78, 5) is 22.8. The van der Waals surface area contributed by atoms with Crippen molar-refractivity contribution in [1.29, 1.82) is 0 Å². The molecule has 204 valence electrons. The van der Waals surface area contributed by atoms with Crippen molar-refractivity contribution in [1.82, 2.24) is 5.32 Å². The van der Waals surface area contributed by atoms with Gasteiger partial charge in [0.25, 0.3) is 0 Å². The number of carbonyl (C=O) groups is 2. The largest absolute Gasteiger partial charge is 0.481 e. The predicted molar refractivity (Wildman–Crippen MR) is 129 cm³/mol. The SMILES string of the molecule is O=C(O)CCOCC(COCCC1OC1O)NC(=O)COCCOCCOCCNc1ccccc1. The number of aliphatic hydroxyl groups is 1. The molecule has 0 bridgehead atoms. The standard InChI is InChI=1S/C24H38N2O10/c27-22(18-35-15-14-32-13-12-31-11-8-25-19-4-2-1-3-5-19)26-20(17-34-10-7-23(28)29)16-33-9-6-21-24(30)36-21/h1-5,20-21,24-25,30H,6-18H2,(H,26,27)(H,28,29). The minimum absolute atomic E-state index is 0.0326. The normalized spacial score (nSPS) is 17.5. The van der Waals surface area contributed by atoms with Gasteiger partial charge in [-0.25, -0.2) is 0 Å². The monoisotopic (exact) mass is 514 g/mol. The molecule has 3 unspecified atom stereocenters. The minimum Gasteiger partial charge on any atom is -0.481 e. The van der Waals surface area contributed by atoms with Crippen LogP contribution in [0.5, 0.6) is 0 Å². The Hall–Kier alpha value is -2.32. The minimum atomic E-state index is -0.961. The zero-order chi connectivity index (χ0) is 25.8. The van der Waals surface area contributed by atoms with E-state index in [4.69, 9.17) is 38.6 Å². The van der Waals surface area contributed by atoms with E-state index in [1.807, 2.05) is 30.3 Å². The van der Waals surface area contributed by atoms with E-state index in [1.165, 1.54) is 0 Å². The second-order valence-electron chi connectivity index (χ2n) is 7.98. The van der Waals surface area contributed by atoms with Gasteiger partial charge in [0.2, 0.25) is 5.91 Å². The molecular formula is C24H38N2O10. The lowest BCUT2D eigenvalue weighted by molar-refractivity contribution is -0.138. The van der Waals surface area contributed by atoms with E-state index >= 15 is 0 Å². The van der Waals surface area contributed by atoms with E-state index < -0.39 is 18.3 Å². The Morgan fingerprint density at radius 2 is 1.53 bits per heavy atom. The van der Waals surface area contributed by atoms with Gasteiger partial charge in [-0.15, -0.1) is 0 Å². The van der Waals surface area contributed by atoms with Gasteiger partial charge in [-0.05, 0) is 12.1 Å². The molecule has 36 heavy (non-hydrogen) atoms. The molecule has 1 aliphatic heterocycles. The maximum Gasteiger partial charge on any atom is 0.305 e. The Balaban J connectivity index is 1.45. The number of benzene rings is 1. The van der Waals surface area contributed by atoms with Crippen molar-refractivity contribution in [2.45, 2.75) is 31.3 Å². The first-order valence-electron chi connectivity index (χ1n) is 12.1. The number of ether oxygens (including phenoxy) is 6. The Bertz CT molecular complexity index is 724. The number of carbonyl (C=O) groups excluding carboxylic acids is 1. The molecule has 1 aliphatic rings. The molecule has 1 fully saturated rings. The molecule has 4 N–H and O–H groups in total. The summed E-state index contributed by atoms with van der Waals surface area (Å²) in [6, 6.07) is 9.42. The van der Waals surface area contributed by atoms with E-state index in [1.54, 1.807) is 0 Å². The van der Waals surface area contributed by atoms with Gasteiger partial charge >= 0.3 is 5.97 Å². The smallest absolute Gasteiger partial charge is 0.305 e. The number of nitrogens with one attached hydrogen (secondary N) is 2. The third kappa shape index (κ3) is 15.6. The summed E-state index contributed by atoms with van der Waals surface area (Å²) in [6.07, 6.45) is -0.513. The fraction of sp³-hybridized carbons (Fsp3) is 0.667. The fourth-order valence-corrected chi connectivity index (χ4v) is 2.98. The van der Waals surface area contributed by atoms with Crippen LogP contribution in [0.3, 0.4) is 0 Å². The molecule has 12 heteroatoms. The highest BCUT2D eigenvalue weighted by atomic mass is 16.7. The molecule has 1 aromatic rings. The van der Waals surface area contributed by atoms with Crippen molar-refractivity contribution in [2.24, 2.45) is 0 Å². The first kappa shape index (κ1) is 29.9. The number of rotatable bonds is 23. The zero-order valence-corrected chi connectivity index (χ0v) is 20.5. The first-order chi connectivity index (χ1) is 17.5. The lowest BCUT2D eigenvalue weighted by atomic mass is 10.3. The number of anilines is 1. The lowest BCUT2D eigenvalue weighted by Gasteiger charge is -2.19. The van der Waals surface area contributed by atoms with Crippen LogP contribution in [0.25, 0.3) is 0 Å². The van der Waals surface area contributed by atoms with Crippen LogP contribution in [0.2, 0.25) is 0 Å². The number of amides is 1. The summed E-state index contributed by atoms with van der Waals surface area (Å²) in [6.45, 7) is 3.25. The number of carboxylic acids is 1. The fourth-order valence-electron chi connectivity index (χ4n) is 2.98. The Morgan fingerprint density at radius 1 is 0.889 bits per heavy atom. The molecule has 1 aromatic carbocycles. The highest BCUT2D eigenvalue weighted by Crippen LogP contribution is 2.21. The maximum absolute atomic E-state index is 12.2. The van der Waals surface area contributed by atoms with Crippen molar-refractivity contribution >= 4 is 17.6 Å². The van der Waals surface area contributed by atoms with Crippen molar-refractivity contribution in [3.63, 3.8) is 0 Å². The summed E-state index contributed by atoms with van der Waals surface area (Å²) >= 11 is 0. The van der Waals surface area contributed by atoms with Crippen LogP contribution in [-0.4, -0.2) is 113 Å². The van der Waals surface area contributed by atoms with Gasteiger partial charge in [-0.2, -0.15) is 0 Å². The highest BCUT2D eigenvalue weighted by molar-refractivity contribution is 5.77. The van der Waals surface area contributed by atoms with Gasteiger partial charge in [-0.1, -0.05) is 18.2 Å². The van der Waals surface area contributed by atoms with E-state index in [0.717, 1.165) is 5.69 Å². The molecule has 12 nitrogen and oxygen atoms in total. The summed E-state index contributed by atoms with van der Waals surface area (Å²) < 4.78 is 32.0. The molecule has 1 saturated heterocycles. The molecule has 1 heterocycles. The zero-order valence-electron chi connectivity index (χ0n) is 20.5. The number of aliphatic hydroxyl groups excluding tert-OH is 1. The van der Waals surface area contributed by atoms with E-state index in [2.05, 4.69) is 10.6 Å². The predicted octanol–water partition coefficient (Wildman–Crippen LogP) is 0.248. The van der Waals surface area contributed by atoms with Gasteiger partial charge in [0.1, 0.15) is 12.7 Å². The molecular weight excluding hydrogens is 476 g/mol. The summed E-state index contributed by atoms with van der Waals surface area (Å²) in [5, 5.41) is 23.8. The third-order valence-electron chi connectivity index (χ3n) is 4.89. The Morgan fingerprint density at radius 3 is 2.19 bits per heavy atom. The van der Waals surface area contributed by atoms with Crippen LogP contribution < -0.4 is 10.6 Å². The number of hydrogen-bond acceptors (Lipinski definition) is 10. The molecule has 0 spiro atoms. The van der Waals surface area contributed by atoms with Crippen molar-refractivity contribution < 1.29 is 48.2 Å². The summed E-state index contributed by atoms with van der Waals surface area (Å²) in [5.41, 5.74) is 1.05. The first-order valence-corrected chi connectivity index (χ1v) is 12.1. The number of epoxide rings is 1. The number of carboxylic acid groups (broad SMARTS) is 1. The van der Waals surface area contributed by atoms with Crippen molar-refractivity contribution in [3.05, 3.63) is 30.3 Å². The van der Waals surface area contributed by atoms with E-state index in [9.17, 15) is 9.59 Å². The second-order valence-corrected chi connectivity index (χ2v) is 7.98. The van der Waals surface area contributed by atoms with Gasteiger partial charge in [-0.3, -0.25) is 9.59 Å². The second kappa shape index (κ2) is 18.9. The van der Waals surface area contributed by atoms with Gasteiger partial charge < -0.3 is 49.3 Å². The van der Waals surface area contributed by atoms with Crippen molar-refractivity contribution in [2.75, 3.05) is 77.9 Å². The molecule has 0 saturated carbocycles. The van der Waals surface area contributed by atoms with E-state index in [0.29, 0.717) is 46.0 Å². The van der Waals surface area contributed by atoms with Crippen LogP contribution in [0.1, 0.15) is 12.8 Å². The maximum atomic E-state index is 12.2. The molecule has 1 amide bonds. The molecule has 0 radical (unpaired) electrons. The molecule has 0 aliphatic carbocycles. The van der Waals surface area contributed by atoms with Crippen LogP contribution in [0.4, 0.5) is 5.69 Å². The quantitative estimate of drug-likeness (QED) is 0.117. The Kier molecular flexibility index (Phi) is 15.7. The highest BCUT2D eigenvalue weighted by Gasteiger charge is 2.36. The molecule has 0 aromatic heterocycles.